The lowest BCUT2D eigenvalue weighted by Gasteiger charge is -2.05. The van der Waals surface area contributed by atoms with Crippen molar-refractivity contribution in [1.82, 2.24) is 5.32 Å². The molecule has 0 aliphatic heterocycles. The van der Waals surface area contributed by atoms with Gasteiger partial charge in [-0.2, -0.15) is 0 Å². The van der Waals surface area contributed by atoms with Gasteiger partial charge in [0.1, 0.15) is 5.75 Å². The van der Waals surface area contributed by atoms with E-state index in [1.165, 1.54) is 11.8 Å². The van der Waals surface area contributed by atoms with Gasteiger partial charge in [0.25, 0.3) is 5.24 Å². The summed E-state index contributed by atoms with van der Waals surface area (Å²) in [5.41, 5.74) is 0. The van der Waals surface area contributed by atoms with Gasteiger partial charge in [-0.15, -0.1) is 0 Å². The summed E-state index contributed by atoms with van der Waals surface area (Å²) in [5.74, 6) is 0.842. The summed E-state index contributed by atoms with van der Waals surface area (Å²) in [6, 6.07) is 8.00. The molecule has 0 spiro atoms. The lowest BCUT2D eigenvalue weighted by atomic mass is 10.3. The van der Waals surface area contributed by atoms with Gasteiger partial charge in [0.05, 0.1) is 6.61 Å². The van der Waals surface area contributed by atoms with Crippen molar-refractivity contribution in [2.24, 2.45) is 0 Å². The molecule has 1 aromatic rings. The molecule has 0 radical (unpaired) electrons. The van der Waals surface area contributed by atoms with Crippen LogP contribution in [0.1, 0.15) is 19.8 Å². The second kappa shape index (κ2) is 5.25. The number of rotatable bonds is 4. The van der Waals surface area contributed by atoms with E-state index in [0.717, 1.165) is 23.5 Å². The van der Waals surface area contributed by atoms with E-state index in [1.807, 2.05) is 31.2 Å². The number of amides is 1. The standard InChI is InChI=1S/C12H15NO2S/c1-2-15-10-5-7-11(8-6-10)16-12(14)13-9-3-4-9/h5-9H,2-4H2,1H3,(H,13,14). The van der Waals surface area contributed by atoms with Crippen molar-refractivity contribution >= 4 is 17.0 Å². The summed E-state index contributed by atoms with van der Waals surface area (Å²) < 4.78 is 5.33. The molecule has 0 heterocycles. The molecule has 1 aliphatic rings. The third-order valence-corrected chi connectivity index (χ3v) is 3.06. The summed E-state index contributed by atoms with van der Waals surface area (Å²) in [6.07, 6.45) is 2.24. The molecule has 0 saturated heterocycles. The van der Waals surface area contributed by atoms with Crippen LogP contribution < -0.4 is 10.1 Å². The van der Waals surface area contributed by atoms with Crippen molar-refractivity contribution in [3.63, 3.8) is 0 Å². The van der Waals surface area contributed by atoms with Crippen molar-refractivity contribution in [2.45, 2.75) is 30.7 Å². The first kappa shape index (κ1) is 11.3. The van der Waals surface area contributed by atoms with Crippen molar-refractivity contribution < 1.29 is 9.53 Å². The molecule has 4 heteroatoms. The summed E-state index contributed by atoms with van der Waals surface area (Å²) in [4.78, 5) is 12.4. The van der Waals surface area contributed by atoms with E-state index in [2.05, 4.69) is 5.32 Å². The largest absolute Gasteiger partial charge is 0.494 e. The number of ether oxygens (including phenoxy) is 1. The zero-order valence-corrected chi connectivity index (χ0v) is 10.0. The monoisotopic (exact) mass is 237 g/mol. The first-order valence-electron chi connectivity index (χ1n) is 5.49. The van der Waals surface area contributed by atoms with Gasteiger partial charge in [0, 0.05) is 10.9 Å². The Hall–Kier alpha value is -1.16. The number of carbonyl (C=O) groups excluding carboxylic acids is 1. The Balaban J connectivity index is 1.85. The van der Waals surface area contributed by atoms with Gasteiger partial charge >= 0.3 is 0 Å². The molecule has 0 unspecified atom stereocenters. The predicted octanol–water partition coefficient (Wildman–Crippen LogP) is 3.05. The minimum Gasteiger partial charge on any atom is -0.494 e. The van der Waals surface area contributed by atoms with E-state index < -0.39 is 0 Å². The molecule has 1 saturated carbocycles. The van der Waals surface area contributed by atoms with Crippen molar-refractivity contribution in [1.29, 1.82) is 0 Å². The van der Waals surface area contributed by atoms with Gasteiger partial charge in [-0.05, 0) is 55.8 Å². The molecule has 1 N–H and O–H groups in total. The van der Waals surface area contributed by atoms with Crippen LogP contribution in [-0.2, 0) is 0 Å². The Bertz CT molecular complexity index is 360. The lowest BCUT2D eigenvalue weighted by Crippen LogP contribution is -2.20. The van der Waals surface area contributed by atoms with Crippen LogP contribution in [-0.4, -0.2) is 17.9 Å². The maximum absolute atomic E-state index is 11.5. The van der Waals surface area contributed by atoms with Crippen LogP contribution >= 0.6 is 11.8 Å². The van der Waals surface area contributed by atoms with E-state index in [-0.39, 0.29) is 5.24 Å². The molecule has 1 aromatic carbocycles. The summed E-state index contributed by atoms with van der Waals surface area (Å²) in [6.45, 7) is 2.61. The highest BCUT2D eigenvalue weighted by atomic mass is 32.2. The Morgan fingerprint density at radius 3 is 2.69 bits per heavy atom. The van der Waals surface area contributed by atoms with E-state index in [4.69, 9.17) is 4.74 Å². The molecule has 86 valence electrons. The highest BCUT2D eigenvalue weighted by Gasteiger charge is 2.23. The normalized spacial score (nSPS) is 14.6. The average molecular weight is 237 g/mol. The topological polar surface area (TPSA) is 38.3 Å². The molecule has 0 aromatic heterocycles. The van der Waals surface area contributed by atoms with Crippen LogP contribution in [0.5, 0.6) is 5.75 Å². The number of benzene rings is 1. The van der Waals surface area contributed by atoms with Crippen molar-refractivity contribution in [3.8, 4) is 5.75 Å². The second-order valence-corrected chi connectivity index (χ2v) is 4.76. The summed E-state index contributed by atoms with van der Waals surface area (Å²) in [7, 11) is 0. The highest BCUT2D eigenvalue weighted by molar-refractivity contribution is 8.13. The van der Waals surface area contributed by atoms with Crippen LogP contribution in [0.25, 0.3) is 0 Å². The van der Waals surface area contributed by atoms with Crippen molar-refractivity contribution in [3.05, 3.63) is 24.3 Å². The third kappa shape index (κ3) is 3.45. The van der Waals surface area contributed by atoms with E-state index in [0.29, 0.717) is 12.6 Å². The molecule has 16 heavy (non-hydrogen) atoms. The molecule has 0 atom stereocenters. The fraction of sp³-hybridized carbons (Fsp3) is 0.417. The first-order valence-corrected chi connectivity index (χ1v) is 6.31. The highest BCUT2D eigenvalue weighted by Crippen LogP contribution is 2.25. The molecule has 3 nitrogen and oxygen atoms in total. The second-order valence-electron chi connectivity index (χ2n) is 3.71. The molecule has 2 rings (SSSR count). The zero-order valence-electron chi connectivity index (χ0n) is 9.23. The summed E-state index contributed by atoms with van der Waals surface area (Å²) >= 11 is 1.23. The smallest absolute Gasteiger partial charge is 0.284 e. The predicted molar refractivity (Wildman–Crippen MR) is 65.0 cm³/mol. The van der Waals surface area contributed by atoms with Gasteiger partial charge in [0.15, 0.2) is 0 Å². The van der Waals surface area contributed by atoms with E-state index in [9.17, 15) is 4.79 Å². The van der Waals surface area contributed by atoms with Crippen molar-refractivity contribution in [2.75, 3.05) is 6.61 Å². The molecular weight excluding hydrogens is 222 g/mol. The Labute approximate surface area is 99.6 Å². The molecule has 1 fully saturated rings. The minimum atomic E-state index is 0.0339. The van der Waals surface area contributed by atoms with Crippen LogP contribution in [0.15, 0.2) is 29.2 Å². The first-order chi connectivity index (χ1) is 7.78. The Morgan fingerprint density at radius 2 is 2.12 bits per heavy atom. The third-order valence-electron chi connectivity index (χ3n) is 2.24. The quantitative estimate of drug-likeness (QED) is 0.818. The van der Waals surface area contributed by atoms with Crippen LogP contribution in [0.3, 0.4) is 0 Å². The average Bonchev–Trinajstić information content (AvgIpc) is 3.05. The lowest BCUT2D eigenvalue weighted by molar-refractivity contribution is 0.260. The maximum Gasteiger partial charge on any atom is 0.284 e. The number of carbonyl (C=O) groups is 1. The van der Waals surface area contributed by atoms with Crippen LogP contribution in [0, 0.1) is 0 Å². The fourth-order valence-electron chi connectivity index (χ4n) is 1.30. The number of thioether (sulfide) groups is 1. The van der Waals surface area contributed by atoms with E-state index >= 15 is 0 Å². The molecule has 1 aliphatic carbocycles. The fourth-order valence-corrected chi connectivity index (χ4v) is 2.01. The maximum atomic E-state index is 11.5. The number of hydrogen-bond donors (Lipinski definition) is 1. The molecular formula is C12H15NO2S. The SMILES string of the molecule is CCOc1ccc(SC(=O)NC2CC2)cc1. The molecule has 0 bridgehead atoms. The number of hydrogen-bond acceptors (Lipinski definition) is 3. The van der Waals surface area contributed by atoms with Crippen LogP contribution in [0.2, 0.25) is 0 Å². The minimum absolute atomic E-state index is 0.0339. The van der Waals surface area contributed by atoms with E-state index in [1.54, 1.807) is 0 Å². The van der Waals surface area contributed by atoms with Gasteiger partial charge in [-0.3, -0.25) is 4.79 Å². The Morgan fingerprint density at radius 1 is 1.44 bits per heavy atom. The van der Waals surface area contributed by atoms with Crippen LogP contribution in [0.4, 0.5) is 4.79 Å². The van der Waals surface area contributed by atoms with Gasteiger partial charge in [-0.25, -0.2) is 0 Å². The molecule has 1 amide bonds. The number of nitrogens with one attached hydrogen (secondary N) is 1. The summed E-state index contributed by atoms with van der Waals surface area (Å²) in [5, 5.41) is 2.97. The van der Waals surface area contributed by atoms with Gasteiger partial charge < -0.3 is 10.1 Å². The zero-order chi connectivity index (χ0) is 11.4. The van der Waals surface area contributed by atoms with Gasteiger partial charge in [-0.1, -0.05) is 0 Å². The Kier molecular flexibility index (Phi) is 3.72. The van der Waals surface area contributed by atoms with Gasteiger partial charge in [0.2, 0.25) is 0 Å².